The van der Waals surface area contributed by atoms with Crippen LogP contribution in [-0.4, -0.2) is 32.6 Å². The van der Waals surface area contributed by atoms with Crippen molar-refractivity contribution in [2.75, 3.05) is 5.75 Å². The van der Waals surface area contributed by atoms with Crippen LogP contribution in [0, 0.1) is 6.92 Å². The minimum absolute atomic E-state index is 0.0677. The van der Waals surface area contributed by atoms with Gasteiger partial charge in [0.2, 0.25) is 0 Å². The van der Waals surface area contributed by atoms with Gasteiger partial charge >= 0.3 is 0 Å². The van der Waals surface area contributed by atoms with Crippen LogP contribution in [0.4, 0.5) is 0 Å². The summed E-state index contributed by atoms with van der Waals surface area (Å²) in [5, 5.41) is 13.4. The summed E-state index contributed by atoms with van der Waals surface area (Å²) in [5.41, 5.74) is 5.72. The van der Waals surface area contributed by atoms with E-state index in [1.54, 1.807) is 6.07 Å². The maximum atomic E-state index is 12.3. The van der Waals surface area contributed by atoms with Crippen LogP contribution >= 0.6 is 11.8 Å². The largest absolute Gasteiger partial charge is 0.460 e. The summed E-state index contributed by atoms with van der Waals surface area (Å²) in [6, 6.07) is 21.9. The van der Waals surface area contributed by atoms with Crippen LogP contribution in [0.2, 0.25) is 0 Å². The third-order valence-corrected chi connectivity index (χ3v) is 6.06. The van der Waals surface area contributed by atoms with Crippen LogP contribution in [0.25, 0.3) is 17.1 Å². The maximum absolute atomic E-state index is 12.3. The zero-order valence-corrected chi connectivity index (χ0v) is 20.5. The number of aromatic nitrogens is 3. The number of thioether (sulfide) groups is 1. The molecule has 0 saturated heterocycles. The van der Waals surface area contributed by atoms with Gasteiger partial charge in [-0.2, -0.15) is 5.10 Å². The number of benzene rings is 2. The van der Waals surface area contributed by atoms with E-state index in [0.29, 0.717) is 10.9 Å². The van der Waals surface area contributed by atoms with Crippen molar-refractivity contribution in [3.8, 4) is 17.1 Å². The predicted molar refractivity (Wildman–Crippen MR) is 135 cm³/mol. The molecule has 1 amide bonds. The fourth-order valence-corrected chi connectivity index (χ4v) is 4.08. The number of furan rings is 1. The Balaban J connectivity index is 1.53. The first-order valence-electron chi connectivity index (χ1n) is 10.9. The molecular weight excluding hydrogens is 446 g/mol. The topological polar surface area (TPSA) is 85.3 Å². The van der Waals surface area contributed by atoms with Crippen LogP contribution in [0.1, 0.15) is 37.9 Å². The number of nitrogens with zero attached hydrogens (tertiary/aromatic N) is 4. The fourth-order valence-electron chi connectivity index (χ4n) is 3.33. The molecule has 0 fully saturated rings. The molecule has 0 bridgehead atoms. The van der Waals surface area contributed by atoms with Crippen molar-refractivity contribution in [2.45, 2.75) is 38.3 Å². The molecule has 2 heterocycles. The third-order valence-electron chi connectivity index (χ3n) is 5.13. The molecule has 2 aromatic carbocycles. The number of carbonyl (C=O) groups excluding carboxylic acids is 1. The SMILES string of the molecule is Cc1ccc(/C=N\NC(=O)CSc2nnc(-c3ccc(C(C)(C)C)cc3)n2-c2ccccc2)o1. The lowest BCUT2D eigenvalue weighted by atomic mass is 9.87. The summed E-state index contributed by atoms with van der Waals surface area (Å²) >= 11 is 1.30. The van der Waals surface area contributed by atoms with E-state index < -0.39 is 0 Å². The summed E-state index contributed by atoms with van der Waals surface area (Å²) in [6.45, 7) is 8.42. The average Bonchev–Trinajstić information content (AvgIpc) is 3.44. The highest BCUT2D eigenvalue weighted by Crippen LogP contribution is 2.30. The van der Waals surface area contributed by atoms with E-state index in [0.717, 1.165) is 22.8 Å². The predicted octanol–water partition coefficient (Wildman–Crippen LogP) is 5.38. The van der Waals surface area contributed by atoms with Crippen LogP contribution in [0.15, 0.2) is 81.4 Å². The Kier molecular flexibility index (Phi) is 6.98. The lowest BCUT2D eigenvalue weighted by molar-refractivity contribution is -0.118. The number of hydrogen-bond donors (Lipinski definition) is 1. The average molecular weight is 474 g/mol. The lowest BCUT2D eigenvalue weighted by Gasteiger charge is -2.19. The number of nitrogens with one attached hydrogen (secondary N) is 1. The first-order valence-corrected chi connectivity index (χ1v) is 11.9. The number of amides is 1. The van der Waals surface area contributed by atoms with Gasteiger partial charge < -0.3 is 4.42 Å². The Morgan fingerprint density at radius 1 is 1.06 bits per heavy atom. The lowest BCUT2D eigenvalue weighted by Crippen LogP contribution is -2.19. The molecule has 0 radical (unpaired) electrons. The fraction of sp³-hybridized carbons (Fsp3) is 0.231. The van der Waals surface area contributed by atoms with Gasteiger partial charge in [0.25, 0.3) is 5.91 Å². The second-order valence-corrected chi connectivity index (χ2v) is 9.78. The van der Waals surface area contributed by atoms with Crippen LogP contribution in [0.5, 0.6) is 0 Å². The molecule has 8 heteroatoms. The molecular formula is C26H27N5O2S. The van der Waals surface area contributed by atoms with Crippen molar-refractivity contribution in [3.63, 3.8) is 0 Å². The summed E-state index contributed by atoms with van der Waals surface area (Å²) in [5.74, 6) is 1.98. The highest BCUT2D eigenvalue weighted by molar-refractivity contribution is 7.99. The van der Waals surface area contributed by atoms with E-state index in [-0.39, 0.29) is 17.1 Å². The number of rotatable bonds is 7. The Labute approximate surface area is 203 Å². The molecule has 0 aliphatic heterocycles. The molecule has 0 spiro atoms. The van der Waals surface area contributed by atoms with Gasteiger partial charge in [-0.05, 0) is 42.2 Å². The van der Waals surface area contributed by atoms with Gasteiger partial charge in [-0.15, -0.1) is 10.2 Å². The van der Waals surface area contributed by atoms with Crippen LogP contribution in [0.3, 0.4) is 0 Å². The second-order valence-electron chi connectivity index (χ2n) is 8.83. The first kappa shape index (κ1) is 23.5. The minimum atomic E-state index is -0.247. The first-order chi connectivity index (χ1) is 16.3. The highest BCUT2D eigenvalue weighted by Gasteiger charge is 2.19. The molecule has 0 aliphatic carbocycles. The zero-order valence-electron chi connectivity index (χ0n) is 19.6. The molecule has 2 aromatic heterocycles. The van der Waals surface area contributed by atoms with E-state index in [1.807, 2.05) is 47.9 Å². The molecule has 0 atom stereocenters. The van der Waals surface area contributed by atoms with Gasteiger partial charge in [-0.25, -0.2) is 5.43 Å². The number of aryl methyl sites for hydroxylation is 1. The monoisotopic (exact) mass is 473 g/mol. The Morgan fingerprint density at radius 2 is 1.79 bits per heavy atom. The molecule has 4 rings (SSSR count). The van der Waals surface area contributed by atoms with Gasteiger partial charge in [0.1, 0.15) is 11.5 Å². The Hall–Kier alpha value is -3.65. The van der Waals surface area contributed by atoms with Crippen molar-refractivity contribution in [2.24, 2.45) is 5.10 Å². The molecule has 7 nitrogen and oxygen atoms in total. The smallest absolute Gasteiger partial charge is 0.250 e. The quantitative estimate of drug-likeness (QED) is 0.221. The van der Waals surface area contributed by atoms with Gasteiger partial charge in [0.05, 0.1) is 12.0 Å². The second kappa shape index (κ2) is 10.1. The number of para-hydroxylation sites is 1. The van der Waals surface area contributed by atoms with Gasteiger partial charge in [0.15, 0.2) is 11.0 Å². The maximum Gasteiger partial charge on any atom is 0.250 e. The van der Waals surface area contributed by atoms with Gasteiger partial charge in [-0.3, -0.25) is 9.36 Å². The van der Waals surface area contributed by atoms with Gasteiger partial charge in [0, 0.05) is 11.3 Å². The molecule has 0 aliphatic rings. The van der Waals surface area contributed by atoms with E-state index >= 15 is 0 Å². The Morgan fingerprint density at radius 3 is 2.44 bits per heavy atom. The number of hydrazone groups is 1. The van der Waals surface area contributed by atoms with Crippen LogP contribution in [-0.2, 0) is 10.2 Å². The van der Waals surface area contributed by atoms with E-state index in [1.165, 1.54) is 23.5 Å². The van der Waals surface area contributed by atoms with Gasteiger partial charge in [-0.1, -0.05) is 75.0 Å². The van der Waals surface area contributed by atoms with Crippen molar-refractivity contribution < 1.29 is 9.21 Å². The summed E-state index contributed by atoms with van der Waals surface area (Å²) in [6.07, 6.45) is 1.47. The van der Waals surface area contributed by atoms with Crippen LogP contribution < -0.4 is 5.43 Å². The normalized spacial score (nSPS) is 11.8. The van der Waals surface area contributed by atoms with E-state index in [9.17, 15) is 4.79 Å². The molecule has 1 N–H and O–H groups in total. The Bertz CT molecular complexity index is 1280. The molecule has 34 heavy (non-hydrogen) atoms. The molecule has 0 saturated carbocycles. The summed E-state index contributed by atoms with van der Waals surface area (Å²) in [7, 11) is 0. The summed E-state index contributed by atoms with van der Waals surface area (Å²) in [4.78, 5) is 12.3. The standard InChI is InChI=1S/C26H27N5O2S/c1-18-10-15-22(33-18)16-27-28-23(32)17-34-25-30-29-24(31(25)21-8-6-5-7-9-21)19-11-13-20(14-12-19)26(2,3)4/h5-16H,17H2,1-4H3,(H,28,32)/b27-16-. The number of carbonyl (C=O) groups is 1. The molecule has 4 aromatic rings. The molecule has 174 valence electrons. The zero-order chi connectivity index (χ0) is 24.1. The van der Waals surface area contributed by atoms with Crippen molar-refractivity contribution >= 4 is 23.9 Å². The number of hydrogen-bond acceptors (Lipinski definition) is 6. The summed E-state index contributed by atoms with van der Waals surface area (Å²) < 4.78 is 7.37. The van der Waals surface area contributed by atoms with E-state index in [2.05, 4.69) is 65.8 Å². The minimum Gasteiger partial charge on any atom is -0.460 e. The third kappa shape index (κ3) is 5.63. The highest BCUT2D eigenvalue weighted by atomic mass is 32.2. The van der Waals surface area contributed by atoms with Crippen molar-refractivity contribution in [3.05, 3.63) is 83.8 Å². The van der Waals surface area contributed by atoms with Crippen molar-refractivity contribution in [1.29, 1.82) is 0 Å². The van der Waals surface area contributed by atoms with E-state index in [4.69, 9.17) is 4.42 Å². The van der Waals surface area contributed by atoms with Crippen molar-refractivity contribution in [1.82, 2.24) is 20.2 Å². The molecule has 0 unspecified atom stereocenters.